The molecule has 3 fully saturated rings. The van der Waals surface area contributed by atoms with Crippen LogP contribution in [0.25, 0.3) is 0 Å². The third kappa shape index (κ3) is 1.35. The molecule has 0 aliphatic carbocycles. The Hall–Kier alpha value is -0.570. The van der Waals surface area contributed by atoms with Crippen LogP contribution in [0, 0.1) is 5.92 Å². The summed E-state index contributed by atoms with van der Waals surface area (Å²) in [5, 5.41) is 0. The number of hydrogen-bond donors (Lipinski definition) is 0. The number of carbonyl (C=O) groups excluding carboxylic acids is 1. The van der Waals surface area contributed by atoms with Crippen molar-refractivity contribution >= 4 is 5.91 Å². The van der Waals surface area contributed by atoms with Gasteiger partial charge in [-0.25, -0.2) is 0 Å². The first-order chi connectivity index (χ1) is 6.09. The second kappa shape index (κ2) is 2.98. The standard InChI is InChI=1S/C10H18N2O/c1-7(2)10(13)12-5-8-4-9(6-12)11(8)3/h7-9H,4-6H2,1-3H3. The zero-order valence-corrected chi connectivity index (χ0v) is 8.66. The highest BCUT2D eigenvalue weighted by Crippen LogP contribution is 2.30. The van der Waals surface area contributed by atoms with E-state index in [9.17, 15) is 4.79 Å². The molecule has 0 aromatic carbocycles. The maximum Gasteiger partial charge on any atom is 0.225 e. The molecular formula is C10H18N2O. The number of hydrogen-bond acceptors (Lipinski definition) is 2. The van der Waals surface area contributed by atoms with Gasteiger partial charge in [0.15, 0.2) is 0 Å². The molecule has 0 radical (unpaired) electrons. The van der Waals surface area contributed by atoms with Crippen LogP contribution >= 0.6 is 0 Å². The Balaban J connectivity index is 1.95. The third-order valence-corrected chi connectivity index (χ3v) is 3.36. The lowest BCUT2D eigenvalue weighted by molar-refractivity contribution is -0.145. The highest BCUT2D eigenvalue weighted by Gasteiger charge is 2.43. The Morgan fingerprint density at radius 3 is 2.23 bits per heavy atom. The van der Waals surface area contributed by atoms with Gasteiger partial charge in [0.05, 0.1) is 0 Å². The van der Waals surface area contributed by atoms with Crippen LogP contribution in [0.4, 0.5) is 0 Å². The minimum absolute atomic E-state index is 0.155. The van der Waals surface area contributed by atoms with Gasteiger partial charge in [0, 0.05) is 31.1 Å². The molecule has 0 aromatic rings. The molecule has 1 amide bonds. The van der Waals surface area contributed by atoms with Crippen LogP contribution in [0.5, 0.6) is 0 Å². The number of carbonyl (C=O) groups is 1. The van der Waals surface area contributed by atoms with Crippen LogP contribution in [0.1, 0.15) is 20.3 Å². The maximum absolute atomic E-state index is 11.7. The number of nitrogens with zero attached hydrogens (tertiary/aromatic N) is 2. The van der Waals surface area contributed by atoms with Crippen molar-refractivity contribution in [3.63, 3.8) is 0 Å². The minimum atomic E-state index is 0.155. The predicted octanol–water partition coefficient (Wildman–Crippen LogP) is 0.557. The molecule has 74 valence electrons. The maximum atomic E-state index is 11.7. The zero-order chi connectivity index (χ0) is 9.59. The van der Waals surface area contributed by atoms with Crippen molar-refractivity contribution in [2.45, 2.75) is 32.4 Å². The fraction of sp³-hybridized carbons (Fsp3) is 0.900. The van der Waals surface area contributed by atoms with Gasteiger partial charge in [-0.15, -0.1) is 0 Å². The molecule has 3 heteroatoms. The fourth-order valence-electron chi connectivity index (χ4n) is 2.34. The molecular weight excluding hydrogens is 164 g/mol. The number of piperidine rings is 1. The number of amides is 1. The van der Waals surface area contributed by atoms with Crippen LogP contribution in [-0.4, -0.2) is 47.9 Å². The second-order valence-electron chi connectivity index (χ2n) is 4.61. The molecule has 13 heavy (non-hydrogen) atoms. The fourth-order valence-corrected chi connectivity index (χ4v) is 2.34. The van der Waals surface area contributed by atoms with Gasteiger partial charge < -0.3 is 4.90 Å². The number of likely N-dealkylation sites (N-methyl/N-ethyl adjacent to an activating group) is 1. The lowest BCUT2D eigenvalue weighted by Crippen LogP contribution is -2.68. The van der Waals surface area contributed by atoms with Crippen molar-refractivity contribution in [1.82, 2.24) is 9.80 Å². The van der Waals surface area contributed by atoms with Crippen molar-refractivity contribution in [3.05, 3.63) is 0 Å². The molecule has 3 saturated heterocycles. The van der Waals surface area contributed by atoms with Gasteiger partial charge in [0.1, 0.15) is 0 Å². The summed E-state index contributed by atoms with van der Waals surface area (Å²) in [6.45, 7) is 5.85. The Morgan fingerprint density at radius 2 is 1.85 bits per heavy atom. The van der Waals surface area contributed by atoms with Gasteiger partial charge in [0.2, 0.25) is 5.91 Å². The van der Waals surface area contributed by atoms with E-state index in [1.165, 1.54) is 6.42 Å². The minimum Gasteiger partial charge on any atom is -0.339 e. The van der Waals surface area contributed by atoms with Crippen molar-refractivity contribution in [2.75, 3.05) is 20.1 Å². The van der Waals surface area contributed by atoms with Gasteiger partial charge in [-0.05, 0) is 13.5 Å². The number of rotatable bonds is 1. The van der Waals surface area contributed by atoms with E-state index in [1.54, 1.807) is 0 Å². The molecule has 0 spiro atoms. The SMILES string of the molecule is CC(C)C(=O)N1CC2CC(C1)N2C. The predicted molar refractivity (Wildman–Crippen MR) is 51.4 cm³/mol. The van der Waals surface area contributed by atoms with E-state index in [0.717, 1.165) is 13.1 Å². The van der Waals surface area contributed by atoms with Crippen molar-refractivity contribution in [3.8, 4) is 0 Å². The molecule has 3 heterocycles. The summed E-state index contributed by atoms with van der Waals surface area (Å²) in [6, 6.07) is 1.28. The van der Waals surface area contributed by atoms with Gasteiger partial charge in [-0.2, -0.15) is 0 Å². The summed E-state index contributed by atoms with van der Waals surface area (Å²) < 4.78 is 0. The highest BCUT2D eigenvalue weighted by atomic mass is 16.2. The van der Waals surface area contributed by atoms with E-state index in [-0.39, 0.29) is 5.92 Å². The van der Waals surface area contributed by atoms with Crippen LogP contribution in [0.2, 0.25) is 0 Å². The first-order valence-electron chi connectivity index (χ1n) is 5.10. The van der Waals surface area contributed by atoms with Crippen LogP contribution in [0.3, 0.4) is 0 Å². The molecule has 3 nitrogen and oxygen atoms in total. The summed E-state index contributed by atoms with van der Waals surface area (Å²) >= 11 is 0. The topological polar surface area (TPSA) is 23.6 Å². The zero-order valence-electron chi connectivity index (χ0n) is 8.66. The van der Waals surface area contributed by atoms with E-state index >= 15 is 0 Å². The number of piperazine rings is 1. The average Bonchev–Trinajstić information content (AvgIpc) is 2.15. The summed E-state index contributed by atoms with van der Waals surface area (Å²) in [7, 11) is 2.16. The summed E-state index contributed by atoms with van der Waals surface area (Å²) in [4.78, 5) is 16.1. The molecule has 3 aliphatic heterocycles. The van der Waals surface area contributed by atoms with Gasteiger partial charge in [0.25, 0.3) is 0 Å². The Kier molecular flexibility index (Phi) is 2.06. The molecule has 2 atom stereocenters. The smallest absolute Gasteiger partial charge is 0.225 e. The first kappa shape index (κ1) is 9.00. The average molecular weight is 182 g/mol. The summed E-state index contributed by atoms with van der Waals surface area (Å²) in [6.07, 6.45) is 1.29. The van der Waals surface area contributed by atoms with Gasteiger partial charge in [-0.1, -0.05) is 13.8 Å². The van der Waals surface area contributed by atoms with Crippen molar-refractivity contribution in [2.24, 2.45) is 5.92 Å². The van der Waals surface area contributed by atoms with Crippen molar-refractivity contribution in [1.29, 1.82) is 0 Å². The first-order valence-corrected chi connectivity index (χ1v) is 5.10. The molecule has 0 saturated carbocycles. The monoisotopic (exact) mass is 182 g/mol. The van der Waals surface area contributed by atoms with E-state index in [2.05, 4.69) is 11.9 Å². The van der Waals surface area contributed by atoms with Gasteiger partial charge >= 0.3 is 0 Å². The summed E-state index contributed by atoms with van der Waals surface area (Å²) in [5.74, 6) is 0.477. The third-order valence-electron chi connectivity index (χ3n) is 3.36. The van der Waals surface area contributed by atoms with E-state index in [1.807, 2.05) is 18.7 Å². The Morgan fingerprint density at radius 1 is 1.31 bits per heavy atom. The lowest BCUT2D eigenvalue weighted by Gasteiger charge is -2.55. The highest BCUT2D eigenvalue weighted by molar-refractivity contribution is 5.78. The summed E-state index contributed by atoms with van der Waals surface area (Å²) in [5.41, 5.74) is 0. The molecule has 2 bridgehead atoms. The number of fused-ring (bicyclic) bond motifs is 2. The lowest BCUT2D eigenvalue weighted by atomic mass is 9.88. The van der Waals surface area contributed by atoms with Gasteiger partial charge in [-0.3, -0.25) is 9.69 Å². The Bertz CT molecular complexity index is 215. The molecule has 2 unspecified atom stereocenters. The van der Waals surface area contributed by atoms with E-state index in [0.29, 0.717) is 18.0 Å². The molecule has 0 aromatic heterocycles. The van der Waals surface area contributed by atoms with Crippen LogP contribution in [0.15, 0.2) is 0 Å². The van der Waals surface area contributed by atoms with Crippen LogP contribution in [-0.2, 0) is 4.79 Å². The quantitative estimate of drug-likeness (QED) is 0.591. The second-order valence-corrected chi connectivity index (χ2v) is 4.61. The van der Waals surface area contributed by atoms with Crippen LogP contribution < -0.4 is 0 Å². The molecule has 0 N–H and O–H groups in total. The normalized spacial score (nSPS) is 33.4. The molecule has 3 aliphatic rings. The van der Waals surface area contributed by atoms with E-state index < -0.39 is 0 Å². The van der Waals surface area contributed by atoms with E-state index in [4.69, 9.17) is 0 Å². The molecule has 3 rings (SSSR count). The van der Waals surface area contributed by atoms with Crippen molar-refractivity contribution < 1.29 is 4.79 Å². The largest absolute Gasteiger partial charge is 0.339 e. The Labute approximate surface area is 79.7 Å².